The van der Waals surface area contributed by atoms with Crippen LogP contribution in [-0.4, -0.2) is 42.0 Å². The number of nitrogens with one attached hydrogen (secondary N) is 3. The number of carbonyl (C=O) groups excluding carboxylic acids is 1. The molecule has 0 spiro atoms. The first-order valence-electron chi connectivity index (χ1n) is 8.00. The number of piperidine rings is 1. The van der Waals surface area contributed by atoms with E-state index in [-0.39, 0.29) is 6.04 Å². The Hall–Kier alpha value is -1.79. The highest BCUT2D eigenvalue weighted by atomic mass is 16.6. The first kappa shape index (κ1) is 17.6. The van der Waals surface area contributed by atoms with Crippen molar-refractivity contribution in [3.63, 3.8) is 0 Å². The van der Waals surface area contributed by atoms with E-state index in [1.54, 1.807) is 0 Å². The van der Waals surface area contributed by atoms with Gasteiger partial charge in [0.15, 0.2) is 0 Å². The summed E-state index contributed by atoms with van der Waals surface area (Å²) in [5.74, 6) is 0. The molecule has 1 aromatic rings. The van der Waals surface area contributed by atoms with Crippen molar-refractivity contribution in [2.75, 3.05) is 23.7 Å². The summed E-state index contributed by atoms with van der Waals surface area (Å²) in [6, 6.07) is 5.73. The van der Waals surface area contributed by atoms with Crippen LogP contribution in [0.4, 0.5) is 16.2 Å². The summed E-state index contributed by atoms with van der Waals surface area (Å²) in [5, 5.41) is 19.4. The van der Waals surface area contributed by atoms with Crippen LogP contribution in [0.15, 0.2) is 18.2 Å². The summed E-state index contributed by atoms with van der Waals surface area (Å²) in [6.07, 6.45) is -0.127. The van der Waals surface area contributed by atoms with E-state index in [0.717, 1.165) is 24.2 Å². The van der Waals surface area contributed by atoms with Crippen LogP contribution < -0.4 is 16.0 Å². The number of hydrogen-bond donors (Lipinski definition) is 4. The number of β-amino-alcohol motifs (C(OH)–C–C–N with tert-alkyl or cyclic N) is 1. The average molecular weight is 321 g/mol. The minimum atomic E-state index is -0.549. The number of ether oxygens (including phenoxy) is 1. The fourth-order valence-electron chi connectivity index (χ4n) is 2.51. The van der Waals surface area contributed by atoms with Gasteiger partial charge in [0.05, 0.1) is 23.5 Å². The van der Waals surface area contributed by atoms with Gasteiger partial charge in [0.25, 0.3) is 0 Å². The normalized spacial score (nSPS) is 21.6. The molecule has 23 heavy (non-hydrogen) atoms. The van der Waals surface area contributed by atoms with Gasteiger partial charge < -0.3 is 20.5 Å². The molecular formula is C17H27N3O3. The molecule has 1 aromatic carbocycles. The molecule has 2 atom stereocenters. The summed E-state index contributed by atoms with van der Waals surface area (Å²) in [6.45, 7) is 8.87. The number of carbonyl (C=O) groups is 1. The van der Waals surface area contributed by atoms with Gasteiger partial charge in [0.2, 0.25) is 0 Å². The zero-order valence-corrected chi connectivity index (χ0v) is 14.3. The number of anilines is 2. The first-order valence-corrected chi connectivity index (χ1v) is 8.00. The van der Waals surface area contributed by atoms with Crippen LogP contribution in [0.1, 0.15) is 32.8 Å². The largest absolute Gasteiger partial charge is 0.444 e. The molecule has 1 amide bonds. The highest BCUT2D eigenvalue weighted by Crippen LogP contribution is 2.26. The summed E-state index contributed by atoms with van der Waals surface area (Å²) in [4.78, 5) is 12.0. The quantitative estimate of drug-likeness (QED) is 0.687. The molecule has 0 saturated carbocycles. The van der Waals surface area contributed by atoms with Crippen LogP contribution in [0.5, 0.6) is 0 Å². The van der Waals surface area contributed by atoms with Crippen LogP contribution in [-0.2, 0) is 4.74 Å². The Kier molecular flexibility index (Phi) is 5.49. The average Bonchev–Trinajstić information content (AvgIpc) is 2.42. The molecule has 0 aromatic heterocycles. The second-order valence-electron chi connectivity index (χ2n) is 6.99. The summed E-state index contributed by atoms with van der Waals surface area (Å²) >= 11 is 0. The van der Waals surface area contributed by atoms with Gasteiger partial charge in [-0.15, -0.1) is 0 Å². The van der Waals surface area contributed by atoms with E-state index < -0.39 is 17.8 Å². The molecule has 1 fully saturated rings. The maximum Gasteiger partial charge on any atom is 0.412 e. The van der Waals surface area contributed by atoms with Gasteiger partial charge in [-0.2, -0.15) is 0 Å². The predicted molar refractivity (Wildman–Crippen MR) is 91.9 cm³/mol. The molecule has 1 aliphatic rings. The van der Waals surface area contributed by atoms with Crippen LogP contribution in [0, 0.1) is 6.92 Å². The summed E-state index contributed by atoms with van der Waals surface area (Å²) < 4.78 is 5.31. The van der Waals surface area contributed by atoms with E-state index in [2.05, 4.69) is 16.0 Å². The van der Waals surface area contributed by atoms with Crippen LogP contribution in [0.25, 0.3) is 0 Å². The van der Waals surface area contributed by atoms with Crippen molar-refractivity contribution in [1.82, 2.24) is 5.32 Å². The third-order valence-corrected chi connectivity index (χ3v) is 3.60. The van der Waals surface area contributed by atoms with E-state index in [0.29, 0.717) is 12.2 Å². The van der Waals surface area contributed by atoms with Gasteiger partial charge in [0, 0.05) is 6.54 Å². The standard InChI is InChI=1S/C17H27N3O3/c1-11-5-6-12(19-13-7-8-18-10-15(13)21)14(9-11)20-16(22)23-17(2,3)4/h5-6,9,13,15,18-19,21H,7-8,10H2,1-4H3,(H,20,22)/t13?,15-/m0/s1. The molecule has 6 heteroatoms. The Morgan fingerprint density at radius 3 is 2.74 bits per heavy atom. The van der Waals surface area contributed by atoms with E-state index in [1.807, 2.05) is 45.9 Å². The number of benzene rings is 1. The monoisotopic (exact) mass is 321 g/mol. The van der Waals surface area contributed by atoms with Gasteiger partial charge in [-0.25, -0.2) is 4.79 Å². The van der Waals surface area contributed by atoms with E-state index in [9.17, 15) is 9.90 Å². The maximum atomic E-state index is 12.0. The Morgan fingerprint density at radius 1 is 1.35 bits per heavy atom. The Balaban J connectivity index is 2.12. The van der Waals surface area contributed by atoms with Crippen LogP contribution in [0.2, 0.25) is 0 Å². The van der Waals surface area contributed by atoms with Crippen molar-refractivity contribution in [2.24, 2.45) is 0 Å². The molecule has 128 valence electrons. The fourth-order valence-corrected chi connectivity index (χ4v) is 2.51. The van der Waals surface area contributed by atoms with Crippen molar-refractivity contribution >= 4 is 17.5 Å². The topological polar surface area (TPSA) is 82.6 Å². The lowest BCUT2D eigenvalue weighted by Gasteiger charge is -2.30. The molecule has 1 aliphatic heterocycles. The van der Waals surface area contributed by atoms with Gasteiger partial charge in [-0.3, -0.25) is 5.32 Å². The highest BCUT2D eigenvalue weighted by Gasteiger charge is 2.24. The molecule has 1 unspecified atom stereocenters. The third kappa shape index (κ3) is 5.41. The minimum absolute atomic E-state index is 0.0434. The second kappa shape index (κ2) is 7.19. The van der Waals surface area contributed by atoms with Gasteiger partial charge >= 0.3 is 6.09 Å². The number of hydrogen-bond acceptors (Lipinski definition) is 5. The van der Waals surface area contributed by atoms with Gasteiger partial charge in [0.1, 0.15) is 5.60 Å². The number of aryl methyl sites for hydroxylation is 1. The Bertz CT molecular complexity index is 555. The van der Waals surface area contributed by atoms with E-state index in [1.165, 1.54) is 0 Å². The van der Waals surface area contributed by atoms with Crippen molar-refractivity contribution < 1.29 is 14.6 Å². The summed E-state index contributed by atoms with van der Waals surface area (Å²) in [5.41, 5.74) is 1.93. The lowest BCUT2D eigenvalue weighted by atomic mass is 10.0. The van der Waals surface area contributed by atoms with Crippen molar-refractivity contribution in [3.8, 4) is 0 Å². The molecule has 6 nitrogen and oxygen atoms in total. The third-order valence-electron chi connectivity index (χ3n) is 3.60. The molecule has 0 bridgehead atoms. The SMILES string of the molecule is Cc1ccc(NC2CCNC[C@@H]2O)c(NC(=O)OC(C)(C)C)c1. The van der Waals surface area contributed by atoms with E-state index in [4.69, 9.17) is 4.74 Å². The molecule has 0 aliphatic carbocycles. The van der Waals surface area contributed by atoms with Crippen LogP contribution in [0.3, 0.4) is 0 Å². The van der Waals surface area contributed by atoms with Crippen LogP contribution >= 0.6 is 0 Å². The molecule has 1 saturated heterocycles. The lowest BCUT2D eigenvalue weighted by molar-refractivity contribution is 0.0636. The zero-order chi connectivity index (χ0) is 17.0. The first-order chi connectivity index (χ1) is 10.7. The van der Waals surface area contributed by atoms with Crippen molar-refractivity contribution in [2.45, 2.75) is 51.9 Å². The molecular weight excluding hydrogens is 294 g/mol. The maximum absolute atomic E-state index is 12.0. The number of aliphatic hydroxyl groups is 1. The Morgan fingerprint density at radius 2 is 2.09 bits per heavy atom. The second-order valence-corrected chi connectivity index (χ2v) is 6.99. The molecule has 0 radical (unpaired) electrons. The number of rotatable bonds is 3. The van der Waals surface area contributed by atoms with Crippen molar-refractivity contribution in [1.29, 1.82) is 0 Å². The highest BCUT2D eigenvalue weighted by molar-refractivity contribution is 5.90. The van der Waals surface area contributed by atoms with Gasteiger partial charge in [-0.05, 0) is 58.4 Å². The molecule has 2 rings (SSSR count). The predicted octanol–water partition coefficient (Wildman–Crippen LogP) is 2.48. The summed E-state index contributed by atoms with van der Waals surface area (Å²) in [7, 11) is 0. The number of aliphatic hydroxyl groups excluding tert-OH is 1. The smallest absolute Gasteiger partial charge is 0.412 e. The minimum Gasteiger partial charge on any atom is -0.444 e. The Labute approximate surface area is 137 Å². The molecule has 4 N–H and O–H groups in total. The fraction of sp³-hybridized carbons (Fsp3) is 0.588. The zero-order valence-electron chi connectivity index (χ0n) is 14.3. The van der Waals surface area contributed by atoms with E-state index >= 15 is 0 Å². The molecule has 1 heterocycles. The lowest BCUT2D eigenvalue weighted by Crippen LogP contribution is -2.47. The van der Waals surface area contributed by atoms with Gasteiger partial charge in [-0.1, -0.05) is 6.07 Å². The van der Waals surface area contributed by atoms with Crippen molar-refractivity contribution in [3.05, 3.63) is 23.8 Å². The number of amides is 1.